The number of sulfonamides is 1. The molecule has 2 atom stereocenters. The summed E-state index contributed by atoms with van der Waals surface area (Å²) in [5.74, 6) is -2.18. The van der Waals surface area contributed by atoms with Crippen LogP contribution >= 0.6 is 0 Å². The molecule has 1 aliphatic heterocycles. The van der Waals surface area contributed by atoms with Crippen molar-refractivity contribution in [2.75, 3.05) is 13.1 Å². The molecule has 26 heavy (non-hydrogen) atoms. The highest BCUT2D eigenvalue weighted by molar-refractivity contribution is 7.89. The molecule has 1 heterocycles. The second-order valence-electron chi connectivity index (χ2n) is 6.99. The lowest BCUT2D eigenvalue weighted by Crippen LogP contribution is -2.47. The number of carboxylic acids is 1. The van der Waals surface area contributed by atoms with E-state index >= 15 is 0 Å². The topological polar surface area (TPSA) is 104 Å². The van der Waals surface area contributed by atoms with E-state index < -0.39 is 33.9 Å². The second-order valence-corrected chi connectivity index (χ2v) is 8.81. The first-order valence-corrected chi connectivity index (χ1v) is 10.1. The Morgan fingerprint density at radius 3 is 2.38 bits per heavy atom. The Bertz CT molecular complexity index is 796. The number of aryl methyl sites for hydroxylation is 3. The van der Waals surface area contributed by atoms with E-state index in [2.05, 4.69) is 5.32 Å². The van der Waals surface area contributed by atoms with Crippen molar-refractivity contribution in [3.8, 4) is 0 Å². The number of nitrogens with one attached hydrogen (secondary N) is 1. The molecule has 1 fully saturated rings. The predicted octanol–water partition coefficient (Wildman–Crippen LogP) is 1.60. The van der Waals surface area contributed by atoms with E-state index in [9.17, 15) is 18.0 Å². The molecule has 0 radical (unpaired) electrons. The van der Waals surface area contributed by atoms with Crippen molar-refractivity contribution in [1.82, 2.24) is 9.62 Å². The summed E-state index contributed by atoms with van der Waals surface area (Å²) in [5.41, 5.74) is 2.30. The van der Waals surface area contributed by atoms with Crippen LogP contribution in [-0.4, -0.2) is 48.8 Å². The van der Waals surface area contributed by atoms with Crippen LogP contribution in [0.1, 0.15) is 36.5 Å². The highest BCUT2D eigenvalue weighted by Gasteiger charge is 2.40. The smallest absolute Gasteiger partial charge is 0.308 e. The number of carboxylic acid groups (broad SMARTS) is 1. The zero-order chi connectivity index (χ0) is 19.6. The van der Waals surface area contributed by atoms with Gasteiger partial charge in [-0.25, -0.2) is 8.42 Å². The largest absolute Gasteiger partial charge is 0.481 e. The maximum atomic E-state index is 13.2. The number of nitrogens with zero attached hydrogens (tertiary/aromatic N) is 1. The highest BCUT2D eigenvalue weighted by atomic mass is 32.2. The van der Waals surface area contributed by atoms with Gasteiger partial charge in [-0.15, -0.1) is 0 Å². The van der Waals surface area contributed by atoms with E-state index in [4.69, 9.17) is 5.11 Å². The standard InChI is InChI=1S/C18H26N2O5S/c1-11-8-12(2)16(13(3)9-11)26(24,25)20-7-5-6-15(20)17(21)19-10-14(4)18(22)23/h8-9,14-15H,5-7,10H2,1-4H3,(H,19,21)(H,22,23). The van der Waals surface area contributed by atoms with E-state index in [0.29, 0.717) is 24.0 Å². The van der Waals surface area contributed by atoms with E-state index in [-0.39, 0.29) is 18.0 Å². The minimum atomic E-state index is -3.81. The van der Waals surface area contributed by atoms with Crippen LogP contribution < -0.4 is 5.32 Å². The summed E-state index contributed by atoms with van der Waals surface area (Å²) in [6.45, 7) is 7.17. The lowest BCUT2D eigenvalue weighted by Gasteiger charge is -2.25. The average molecular weight is 382 g/mol. The molecular weight excluding hydrogens is 356 g/mol. The molecule has 1 aromatic rings. The summed E-state index contributed by atoms with van der Waals surface area (Å²) < 4.78 is 27.6. The third-order valence-electron chi connectivity index (χ3n) is 4.68. The van der Waals surface area contributed by atoms with Crippen LogP contribution in [0.4, 0.5) is 0 Å². The maximum absolute atomic E-state index is 13.2. The molecular formula is C18H26N2O5S. The number of hydrogen-bond acceptors (Lipinski definition) is 4. The molecule has 1 amide bonds. The predicted molar refractivity (Wildman–Crippen MR) is 97.4 cm³/mol. The molecule has 1 saturated heterocycles. The van der Waals surface area contributed by atoms with Crippen molar-refractivity contribution in [3.63, 3.8) is 0 Å². The second kappa shape index (κ2) is 7.75. The lowest BCUT2D eigenvalue weighted by atomic mass is 10.1. The van der Waals surface area contributed by atoms with Crippen molar-refractivity contribution in [1.29, 1.82) is 0 Å². The summed E-state index contributed by atoms with van der Waals surface area (Å²) >= 11 is 0. The molecule has 0 saturated carbocycles. The first-order chi connectivity index (χ1) is 12.1. The van der Waals surface area contributed by atoms with Gasteiger partial charge in [0.1, 0.15) is 6.04 Å². The summed E-state index contributed by atoms with van der Waals surface area (Å²) in [5, 5.41) is 11.5. The number of benzene rings is 1. The third kappa shape index (κ3) is 4.07. The SMILES string of the molecule is Cc1cc(C)c(S(=O)(=O)N2CCCC2C(=O)NCC(C)C(=O)O)c(C)c1. The molecule has 0 aliphatic carbocycles. The number of carbonyl (C=O) groups is 2. The van der Waals surface area contributed by atoms with Gasteiger partial charge < -0.3 is 10.4 Å². The van der Waals surface area contributed by atoms with Gasteiger partial charge in [-0.05, 0) is 44.7 Å². The zero-order valence-electron chi connectivity index (χ0n) is 15.6. The van der Waals surface area contributed by atoms with Gasteiger partial charge in [-0.3, -0.25) is 9.59 Å². The van der Waals surface area contributed by atoms with Gasteiger partial charge in [0.15, 0.2) is 0 Å². The zero-order valence-corrected chi connectivity index (χ0v) is 16.4. The minimum absolute atomic E-state index is 0.0266. The Hall–Kier alpha value is -1.93. The first-order valence-electron chi connectivity index (χ1n) is 8.66. The molecule has 2 N–H and O–H groups in total. The summed E-state index contributed by atoms with van der Waals surface area (Å²) in [6.07, 6.45) is 1.02. The summed E-state index contributed by atoms with van der Waals surface area (Å²) in [6, 6.07) is 2.83. The van der Waals surface area contributed by atoms with Crippen LogP contribution in [0.5, 0.6) is 0 Å². The van der Waals surface area contributed by atoms with E-state index in [1.807, 2.05) is 19.1 Å². The Labute approximate surface area is 154 Å². The van der Waals surface area contributed by atoms with Crippen LogP contribution in [0.3, 0.4) is 0 Å². The Morgan fingerprint density at radius 1 is 1.27 bits per heavy atom. The third-order valence-corrected chi connectivity index (χ3v) is 6.90. The Balaban J connectivity index is 2.26. The molecule has 144 valence electrons. The van der Waals surface area contributed by atoms with Crippen molar-refractivity contribution >= 4 is 21.9 Å². The quantitative estimate of drug-likeness (QED) is 0.778. The number of carbonyl (C=O) groups excluding carboxylic acids is 1. The van der Waals surface area contributed by atoms with Gasteiger partial charge in [-0.2, -0.15) is 4.31 Å². The Morgan fingerprint density at radius 2 is 1.85 bits per heavy atom. The Kier molecular flexibility index (Phi) is 6.08. The minimum Gasteiger partial charge on any atom is -0.481 e. The fourth-order valence-corrected chi connectivity index (χ4v) is 5.51. The van der Waals surface area contributed by atoms with Crippen LogP contribution in [0.15, 0.2) is 17.0 Å². The summed E-state index contributed by atoms with van der Waals surface area (Å²) in [7, 11) is -3.81. The molecule has 1 aromatic carbocycles. The highest BCUT2D eigenvalue weighted by Crippen LogP contribution is 2.30. The molecule has 0 bridgehead atoms. The number of rotatable bonds is 6. The van der Waals surface area contributed by atoms with E-state index in [1.165, 1.54) is 11.2 Å². The van der Waals surface area contributed by atoms with Crippen LogP contribution in [-0.2, 0) is 19.6 Å². The molecule has 2 unspecified atom stereocenters. The number of hydrogen-bond donors (Lipinski definition) is 2. The van der Waals surface area contributed by atoms with Crippen molar-refractivity contribution in [2.45, 2.75) is 51.5 Å². The van der Waals surface area contributed by atoms with Gasteiger partial charge in [0, 0.05) is 13.1 Å². The fraction of sp³-hybridized carbons (Fsp3) is 0.556. The molecule has 1 aliphatic rings. The number of amides is 1. The monoisotopic (exact) mass is 382 g/mol. The molecule has 7 nitrogen and oxygen atoms in total. The van der Waals surface area contributed by atoms with Gasteiger partial charge in [0.05, 0.1) is 10.8 Å². The van der Waals surface area contributed by atoms with Crippen LogP contribution in [0.25, 0.3) is 0 Å². The molecule has 2 rings (SSSR count). The van der Waals surface area contributed by atoms with Crippen molar-refractivity contribution in [2.24, 2.45) is 5.92 Å². The van der Waals surface area contributed by atoms with Gasteiger partial charge in [0.25, 0.3) is 0 Å². The van der Waals surface area contributed by atoms with Gasteiger partial charge in [0.2, 0.25) is 15.9 Å². The van der Waals surface area contributed by atoms with Gasteiger partial charge >= 0.3 is 5.97 Å². The fourth-order valence-electron chi connectivity index (χ4n) is 3.44. The first kappa shape index (κ1) is 20.4. The van der Waals surface area contributed by atoms with E-state index in [0.717, 1.165) is 5.56 Å². The van der Waals surface area contributed by atoms with Crippen molar-refractivity contribution in [3.05, 3.63) is 28.8 Å². The van der Waals surface area contributed by atoms with E-state index in [1.54, 1.807) is 13.8 Å². The van der Waals surface area contributed by atoms with Crippen LogP contribution in [0, 0.1) is 26.7 Å². The lowest BCUT2D eigenvalue weighted by molar-refractivity contribution is -0.141. The maximum Gasteiger partial charge on any atom is 0.308 e. The van der Waals surface area contributed by atoms with Crippen molar-refractivity contribution < 1.29 is 23.1 Å². The molecule has 0 aromatic heterocycles. The normalized spacial score (nSPS) is 19.3. The number of aliphatic carboxylic acids is 1. The summed E-state index contributed by atoms with van der Waals surface area (Å²) in [4.78, 5) is 23.6. The molecule has 8 heteroatoms. The van der Waals surface area contributed by atoms with Gasteiger partial charge in [-0.1, -0.05) is 24.6 Å². The average Bonchev–Trinajstić information content (AvgIpc) is 3.01. The van der Waals surface area contributed by atoms with Crippen LogP contribution in [0.2, 0.25) is 0 Å². The molecule has 0 spiro atoms.